The summed E-state index contributed by atoms with van der Waals surface area (Å²) < 4.78 is 0. The maximum Gasteiger partial charge on any atom is 0.191 e. The molecule has 2 rings (SSSR count). The molecule has 1 aliphatic rings. The molecule has 0 aromatic heterocycles. The molecule has 1 aromatic carbocycles. The summed E-state index contributed by atoms with van der Waals surface area (Å²) in [5.74, 6) is 0.941. The van der Waals surface area contributed by atoms with Crippen LogP contribution in [0.1, 0.15) is 49.3 Å². The minimum absolute atomic E-state index is 0.547. The van der Waals surface area contributed by atoms with Crippen LogP contribution in [-0.2, 0) is 6.42 Å². The summed E-state index contributed by atoms with van der Waals surface area (Å²) in [6.07, 6.45) is 6.05. The number of hydrogen-bond acceptors (Lipinski definition) is 2. The molecule has 0 aliphatic carbocycles. The molecule has 0 spiro atoms. The lowest BCUT2D eigenvalue weighted by atomic mass is 10.0. The van der Waals surface area contributed by atoms with Crippen LogP contribution in [0.5, 0.6) is 0 Å². The van der Waals surface area contributed by atoms with Crippen molar-refractivity contribution in [2.45, 2.75) is 58.9 Å². The zero-order valence-corrected chi connectivity index (χ0v) is 16.6. The molecule has 0 atom stereocenters. The van der Waals surface area contributed by atoms with Gasteiger partial charge in [-0.3, -0.25) is 4.99 Å². The molecule has 4 heteroatoms. The van der Waals surface area contributed by atoms with Crippen molar-refractivity contribution < 1.29 is 0 Å². The van der Waals surface area contributed by atoms with Crippen molar-refractivity contribution in [2.75, 3.05) is 33.2 Å². The zero-order chi connectivity index (χ0) is 18.1. The summed E-state index contributed by atoms with van der Waals surface area (Å²) in [4.78, 5) is 6.99. The SMILES string of the molecule is CCCCN1CCC(NC(=NC)NCCc2cc(C)cc(C)c2)CC1. The van der Waals surface area contributed by atoms with Crippen LogP contribution in [0.15, 0.2) is 23.2 Å². The second-order valence-corrected chi connectivity index (χ2v) is 7.36. The Kier molecular flexibility index (Phi) is 8.26. The first kappa shape index (κ1) is 19.8. The Labute approximate surface area is 154 Å². The van der Waals surface area contributed by atoms with Gasteiger partial charge in [0.1, 0.15) is 0 Å². The quantitative estimate of drug-likeness (QED) is 0.589. The molecule has 0 radical (unpaired) electrons. The largest absolute Gasteiger partial charge is 0.356 e. The topological polar surface area (TPSA) is 39.7 Å². The molecular weight excluding hydrogens is 308 g/mol. The lowest BCUT2D eigenvalue weighted by molar-refractivity contribution is 0.203. The van der Waals surface area contributed by atoms with E-state index in [4.69, 9.17) is 0 Å². The van der Waals surface area contributed by atoms with Gasteiger partial charge < -0.3 is 15.5 Å². The van der Waals surface area contributed by atoms with Crippen molar-refractivity contribution in [3.05, 3.63) is 34.9 Å². The third-order valence-corrected chi connectivity index (χ3v) is 4.97. The van der Waals surface area contributed by atoms with E-state index in [-0.39, 0.29) is 0 Å². The van der Waals surface area contributed by atoms with E-state index in [0.29, 0.717) is 6.04 Å². The van der Waals surface area contributed by atoms with Crippen molar-refractivity contribution in [2.24, 2.45) is 4.99 Å². The average Bonchev–Trinajstić information content (AvgIpc) is 2.59. The summed E-state index contributed by atoms with van der Waals surface area (Å²) >= 11 is 0. The van der Waals surface area contributed by atoms with Crippen LogP contribution < -0.4 is 10.6 Å². The summed E-state index contributed by atoms with van der Waals surface area (Å²) in [5, 5.41) is 7.08. The first-order chi connectivity index (χ1) is 12.1. The number of unbranched alkanes of at least 4 members (excludes halogenated alkanes) is 1. The highest BCUT2D eigenvalue weighted by atomic mass is 15.2. The molecule has 1 fully saturated rings. The van der Waals surface area contributed by atoms with Crippen LogP contribution >= 0.6 is 0 Å². The lowest BCUT2D eigenvalue weighted by Crippen LogP contribution is -2.49. The van der Waals surface area contributed by atoms with Gasteiger partial charge in [-0.2, -0.15) is 0 Å². The van der Waals surface area contributed by atoms with Crippen LogP contribution in [-0.4, -0.2) is 50.1 Å². The van der Waals surface area contributed by atoms with E-state index in [9.17, 15) is 0 Å². The van der Waals surface area contributed by atoms with Crippen molar-refractivity contribution in [1.29, 1.82) is 0 Å². The minimum Gasteiger partial charge on any atom is -0.356 e. The first-order valence-electron chi connectivity index (χ1n) is 9.87. The number of aryl methyl sites for hydroxylation is 2. The molecule has 0 amide bonds. The van der Waals surface area contributed by atoms with Gasteiger partial charge in [-0.25, -0.2) is 0 Å². The second-order valence-electron chi connectivity index (χ2n) is 7.36. The number of likely N-dealkylation sites (tertiary alicyclic amines) is 1. The van der Waals surface area contributed by atoms with Crippen LogP contribution in [0, 0.1) is 13.8 Å². The van der Waals surface area contributed by atoms with Crippen molar-refractivity contribution in [3.63, 3.8) is 0 Å². The highest BCUT2D eigenvalue weighted by molar-refractivity contribution is 5.79. The van der Waals surface area contributed by atoms with Gasteiger partial charge in [0.25, 0.3) is 0 Å². The Hall–Kier alpha value is -1.55. The van der Waals surface area contributed by atoms with Crippen LogP contribution in [0.4, 0.5) is 0 Å². The molecule has 1 saturated heterocycles. The van der Waals surface area contributed by atoms with Gasteiger partial charge in [0.05, 0.1) is 0 Å². The molecule has 140 valence electrons. The number of nitrogens with zero attached hydrogens (tertiary/aromatic N) is 2. The molecule has 0 saturated carbocycles. The number of rotatable bonds is 7. The Morgan fingerprint density at radius 2 is 1.84 bits per heavy atom. The van der Waals surface area contributed by atoms with Gasteiger partial charge in [0, 0.05) is 32.7 Å². The molecule has 0 bridgehead atoms. The maximum atomic E-state index is 4.40. The second kappa shape index (κ2) is 10.4. The summed E-state index contributed by atoms with van der Waals surface area (Å²) in [7, 11) is 1.86. The van der Waals surface area contributed by atoms with Gasteiger partial charge in [0.15, 0.2) is 5.96 Å². The van der Waals surface area contributed by atoms with Gasteiger partial charge in [-0.05, 0) is 51.6 Å². The predicted octanol–water partition coefficient (Wildman–Crippen LogP) is 3.28. The standard InChI is InChI=1S/C21H36N4/c1-5-6-11-25-12-8-20(9-13-25)24-21(22-4)23-10-7-19-15-17(2)14-18(3)16-19/h14-16,20H,5-13H2,1-4H3,(H2,22,23,24). The third kappa shape index (κ3) is 7.07. The zero-order valence-electron chi connectivity index (χ0n) is 16.6. The molecule has 2 N–H and O–H groups in total. The molecule has 1 heterocycles. The maximum absolute atomic E-state index is 4.40. The predicted molar refractivity (Wildman–Crippen MR) is 108 cm³/mol. The van der Waals surface area contributed by atoms with Crippen molar-refractivity contribution >= 4 is 5.96 Å². The molecule has 0 unspecified atom stereocenters. The van der Waals surface area contributed by atoms with E-state index in [1.807, 2.05) is 7.05 Å². The molecule has 25 heavy (non-hydrogen) atoms. The van der Waals surface area contributed by atoms with E-state index >= 15 is 0 Å². The van der Waals surface area contributed by atoms with Crippen molar-refractivity contribution in [1.82, 2.24) is 15.5 Å². The Bertz CT molecular complexity index is 525. The normalized spacial score (nSPS) is 16.9. The van der Waals surface area contributed by atoms with E-state index < -0.39 is 0 Å². The first-order valence-corrected chi connectivity index (χ1v) is 9.87. The summed E-state index contributed by atoms with van der Waals surface area (Å²) in [6.45, 7) is 11.2. The average molecular weight is 345 g/mol. The third-order valence-electron chi connectivity index (χ3n) is 4.97. The molecule has 1 aromatic rings. The molecule has 4 nitrogen and oxygen atoms in total. The fourth-order valence-electron chi connectivity index (χ4n) is 3.61. The highest BCUT2D eigenvalue weighted by Gasteiger charge is 2.19. The summed E-state index contributed by atoms with van der Waals surface area (Å²) in [5.41, 5.74) is 4.07. The van der Waals surface area contributed by atoms with Gasteiger partial charge in [-0.15, -0.1) is 0 Å². The number of piperidine rings is 1. The van der Waals surface area contributed by atoms with E-state index in [2.05, 4.69) is 59.5 Å². The molecule has 1 aliphatic heterocycles. The number of guanidine groups is 1. The minimum atomic E-state index is 0.547. The van der Waals surface area contributed by atoms with E-state index in [1.54, 1.807) is 0 Å². The summed E-state index contributed by atoms with van der Waals surface area (Å²) in [6, 6.07) is 7.32. The van der Waals surface area contributed by atoms with Gasteiger partial charge in [0.2, 0.25) is 0 Å². The monoisotopic (exact) mass is 344 g/mol. The number of hydrogen-bond donors (Lipinski definition) is 2. The van der Waals surface area contributed by atoms with Gasteiger partial charge in [-0.1, -0.05) is 42.7 Å². The highest BCUT2D eigenvalue weighted by Crippen LogP contribution is 2.11. The number of aliphatic imine (C=N–C) groups is 1. The fourth-order valence-corrected chi connectivity index (χ4v) is 3.61. The molecular formula is C21H36N4. The Morgan fingerprint density at radius 3 is 2.44 bits per heavy atom. The van der Waals surface area contributed by atoms with E-state index in [1.165, 1.54) is 62.0 Å². The number of nitrogens with one attached hydrogen (secondary N) is 2. The number of benzene rings is 1. The van der Waals surface area contributed by atoms with E-state index in [0.717, 1.165) is 18.9 Å². The Morgan fingerprint density at radius 1 is 1.16 bits per heavy atom. The van der Waals surface area contributed by atoms with Gasteiger partial charge >= 0.3 is 0 Å². The lowest BCUT2D eigenvalue weighted by Gasteiger charge is -2.33. The van der Waals surface area contributed by atoms with Crippen LogP contribution in [0.2, 0.25) is 0 Å². The smallest absolute Gasteiger partial charge is 0.191 e. The van der Waals surface area contributed by atoms with Crippen LogP contribution in [0.25, 0.3) is 0 Å². The Balaban J connectivity index is 1.70. The fraction of sp³-hybridized carbons (Fsp3) is 0.667. The van der Waals surface area contributed by atoms with Crippen molar-refractivity contribution in [3.8, 4) is 0 Å². The van der Waals surface area contributed by atoms with Crippen LogP contribution in [0.3, 0.4) is 0 Å².